The highest BCUT2D eigenvalue weighted by molar-refractivity contribution is 4.71. The molecule has 0 radical (unpaired) electrons. The van der Waals surface area contributed by atoms with Crippen molar-refractivity contribution in [3.63, 3.8) is 0 Å². The van der Waals surface area contributed by atoms with Crippen LogP contribution in [0.1, 0.15) is 5.69 Å². The van der Waals surface area contributed by atoms with E-state index in [-0.39, 0.29) is 48.0 Å². The minimum atomic E-state index is 0. The van der Waals surface area contributed by atoms with Crippen LogP contribution in [0.15, 0.2) is 18.6 Å². The van der Waals surface area contributed by atoms with Crippen molar-refractivity contribution in [2.45, 2.75) is 6.92 Å². The molecule has 2 nitrogen and oxygen atoms in total. The topological polar surface area (TPSA) is 28.3 Å². The van der Waals surface area contributed by atoms with E-state index in [1.54, 1.807) is 0 Å². The summed E-state index contributed by atoms with van der Waals surface area (Å²) in [7, 11) is 0. The zero-order valence-corrected chi connectivity index (χ0v) is 9.30. The first-order valence-electron chi connectivity index (χ1n) is 2.24. The van der Waals surface area contributed by atoms with Gasteiger partial charge >= 0.3 is 0 Å². The third kappa shape index (κ3) is 5.01. The highest BCUT2D eigenvalue weighted by Crippen LogP contribution is 1.69. The van der Waals surface area contributed by atoms with E-state index in [0.29, 0.717) is 0 Å². The van der Waals surface area contributed by atoms with Crippen molar-refractivity contribution in [3.8, 4) is 0 Å². The van der Waals surface area contributed by atoms with E-state index >= 15 is 0 Å². The molecule has 0 aromatic carbocycles. The van der Waals surface area contributed by atoms with Crippen molar-refractivity contribution in [2.24, 2.45) is 0 Å². The van der Waals surface area contributed by atoms with Gasteiger partial charge in [-0.15, -0.1) is 0 Å². The maximum absolute atomic E-state index is 3.00. The zero-order chi connectivity index (χ0) is 5.11. The molecule has 0 aliphatic rings. The van der Waals surface area contributed by atoms with Gasteiger partial charge in [0.15, 0.2) is 0 Å². The molecule has 0 saturated carbocycles. The SMILES string of the molecule is Cc1c[nH+]cc[nH+]1.[I-].[I-]. The third-order valence-corrected chi connectivity index (χ3v) is 0.790. The summed E-state index contributed by atoms with van der Waals surface area (Å²) in [4.78, 5) is 5.93. The Balaban J connectivity index is 0. The molecule has 0 saturated heterocycles. The second-order valence-electron chi connectivity index (χ2n) is 1.47. The van der Waals surface area contributed by atoms with E-state index in [1.165, 1.54) is 0 Å². The van der Waals surface area contributed by atoms with Crippen molar-refractivity contribution in [2.75, 3.05) is 0 Å². The van der Waals surface area contributed by atoms with E-state index in [1.807, 2.05) is 25.5 Å². The van der Waals surface area contributed by atoms with Gasteiger partial charge in [0.1, 0.15) is 0 Å². The molecule has 0 amide bonds. The van der Waals surface area contributed by atoms with Gasteiger partial charge < -0.3 is 48.0 Å². The Hall–Kier alpha value is 0.540. The summed E-state index contributed by atoms with van der Waals surface area (Å²) in [5.74, 6) is 0. The van der Waals surface area contributed by atoms with Crippen LogP contribution in [0.2, 0.25) is 0 Å². The number of aromatic amines is 2. The second-order valence-corrected chi connectivity index (χ2v) is 1.47. The first-order valence-corrected chi connectivity index (χ1v) is 2.24. The van der Waals surface area contributed by atoms with E-state index in [9.17, 15) is 0 Å². The fourth-order valence-corrected chi connectivity index (χ4v) is 0.436. The van der Waals surface area contributed by atoms with Crippen molar-refractivity contribution in [3.05, 3.63) is 24.3 Å². The van der Waals surface area contributed by atoms with Crippen LogP contribution < -0.4 is 57.9 Å². The predicted molar refractivity (Wildman–Crippen MR) is 24.3 cm³/mol. The summed E-state index contributed by atoms with van der Waals surface area (Å²) in [6, 6.07) is 0. The summed E-state index contributed by atoms with van der Waals surface area (Å²) >= 11 is 0. The third-order valence-electron chi connectivity index (χ3n) is 0.790. The number of halogens is 2. The van der Waals surface area contributed by atoms with Crippen LogP contribution in [-0.4, -0.2) is 0 Å². The molecule has 0 spiro atoms. The highest BCUT2D eigenvalue weighted by Gasteiger charge is 1.89. The van der Waals surface area contributed by atoms with Crippen molar-refractivity contribution in [1.29, 1.82) is 0 Å². The molecule has 2 N–H and O–H groups in total. The monoisotopic (exact) mass is 350 g/mol. The van der Waals surface area contributed by atoms with Gasteiger partial charge in [0.05, 0.1) is 0 Å². The van der Waals surface area contributed by atoms with E-state index in [4.69, 9.17) is 0 Å². The van der Waals surface area contributed by atoms with Crippen molar-refractivity contribution in [1.82, 2.24) is 0 Å². The molecular weight excluding hydrogens is 342 g/mol. The van der Waals surface area contributed by atoms with Crippen LogP contribution in [0.4, 0.5) is 0 Å². The maximum Gasteiger partial charge on any atom is 0.240 e. The van der Waals surface area contributed by atoms with Gasteiger partial charge in [0.2, 0.25) is 24.3 Å². The summed E-state index contributed by atoms with van der Waals surface area (Å²) in [6.45, 7) is 2.00. The Kier molecular flexibility index (Phi) is 9.05. The predicted octanol–water partition coefficient (Wildman–Crippen LogP) is -6.37. The molecular formula is C5H8I2N2. The van der Waals surface area contributed by atoms with Gasteiger partial charge in [0, 0.05) is 6.92 Å². The molecule has 0 unspecified atom stereocenters. The second kappa shape index (κ2) is 6.66. The van der Waals surface area contributed by atoms with Gasteiger partial charge in [-0.25, -0.2) is 9.97 Å². The maximum atomic E-state index is 3.00. The summed E-state index contributed by atoms with van der Waals surface area (Å²) in [6.07, 6.45) is 5.60. The minimum Gasteiger partial charge on any atom is -1.00 e. The highest BCUT2D eigenvalue weighted by atomic mass is 127. The van der Waals surface area contributed by atoms with Crippen LogP contribution >= 0.6 is 0 Å². The molecule has 1 heterocycles. The molecule has 1 aromatic rings. The Bertz CT molecular complexity index is 143. The molecule has 4 heteroatoms. The first kappa shape index (κ1) is 12.2. The molecule has 1 rings (SSSR count). The standard InChI is InChI=1S/C5H6N2.2HI/c1-5-4-6-2-3-7-5;;/h2-4H,1H3;2*1H. The van der Waals surface area contributed by atoms with Gasteiger partial charge in [-0.1, -0.05) is 0 Å². The number of aryl methyl sites for hydroxylation is 1. The molecule has 0 atom stereocenters. The number of hydrogen-bond donors (Lipinski definition) is 0. The number of hydrogen-bond acceptors (Lipinski definition) is 0. The van der Waals surface area contributed by atoms with Crippen LogP contribution in [0, 0.1) is 6.92 Å². The average molecular weight is 350 g/mol. The smallest absolute Gasteiger partial charge is 0.240 e. The first-order chi connectivity index (χ1) is 3.39. The van der Waals surface area contributed by atoms with Crippen LogP contribution in [0.5, 0.6) is 0 Å². The van der Waals surface area contributed by atoms with E-state index in [2.05, 4.69) is 9.97 Å². The van der Waals surface area contributed by atoms with Crippen molar-refractivity contribution >= 4 is 0 Å². The van der Waals surface area contributed by atoms with Gasteiger partial charge in [-0.3, -0.25) is 0 Å². The van der Waals surface area contributed by atoms with Gasteiger partial charge in [0.25, 0.3) is 0 Å². The summed E-state index contributed by atoms with van der Waals surface area (Å²) in [5, 5.41) is 0. The van der Waals surface area contributed by atoms with Crippen LogP contribution in [0.25, 0.3) is 0 Å². The van der Waals surface area contributed by atoms with E-state index < -0.39 is 0 Å². The molecule has 9 heavy (non-hydrogen) atoms. The number of nitrogens with one attached hydrogen (secondary N) is 2. The Morgan fingerprint density at radius 1 is 1.22 bits per heavy atom. The van der Waals surface area contributed by atoms with Gasteiger partial charge in [-0.05, 0) is 0 Å². The quantitative estimate of drug-likeness (QED) is 0.417. The summed E-state index contributed by atoms with van der Waals surface area (Å²) < 4.78 is 0. The molecule has 0 fully saturated rings. The average Bonchev–Trinajstić information content (AvgIpc) is 1.69. The lowest BCUT2D eigenvalue weighted by Crippen LogP contribution is -3.00. The Labute approximate surface area is 88.5 Å². The van der Waals surface area contributed by atoms with Crippen molar-refractivity contribution < 1.29 is 57.9 Å². The summed E-state index contributed by atoms with van der Waals surface area (Å²) in [5.41, 5.74) is 1.14. The fourth-order valence-electron chi connectivity index (χ4n) is 0.436. The number of aromatic nitrogens is 2. The lowest BCUT2D eigenvalue weighted by Gasteiger charge is -1.68. The Morgan fingerprint density at radius 2 is 1.89 bits per heavy atom. The minimum absolute atomic E-state index is 0. The van der Waals surface area contributed by atoms with Gasteiger partial charge in [-0.2, -0.15) is 0 Å². The molecule has 0 aliphatic carbocycles. The lowest BCUT2D eigenvalue weighted by molar-refractivity contribution is -0.454. The van der Waals surface area contributed by atoms with Crippen LogP contribution in [-0.2, 0) is 0 Å². The molecule has 0 bridgehead atoms. The zero-order valence-electron chi connectivity index (χ0n) is 4.99. The number of H-pyrrole nitrogens is 2. The largest absolute Gasteiger partial charge is 1.00 e. The fraction of sp³-hybridized carbons (Fsp3) is 0.200. The number of rotatable bonds is 0. The van der Waals surface area contributed by atoms with Crippen LogP contribution in [0.3, 0.4) is 0 Å². The normalized spacial score (nSPS) is 6.78. The molecule has 1 aromatic heterocycles. The lowest BCUT2D eigenvalue weighted by atomic mass is 10.5. The van der Waals surface area contributed by atoms with E-state index in [0.717, 1.165) is 5.69 Å². The molecule has 52 valence electrons. The molecule has 0 aliphatic heterocycles. The Morgan fingerprint density at radius 3 is 2.11 bits per heavy atom.